The van der Waals surface area contributed by atoms with E-state index in [9.17, 15) is 4.79 Å². The van der Waals surface area contributed by atoms with Crippen molar-refractivity contribution in [1.82, 2.24) is 19.5 Å². The number of aliphatic imine (C=N–C) groups is 1. The number of likely N-dealkylation sites (tertiary alicyclic amines) is 1. The molecule has 2 aromatic heterocycles. The van der Waals surface area contributed by atoms with E-state index in [0.717, 1.165) is 51.3 Å². The molecule has 6 rings (SSSR count). The lowest BCUT2D eigenvalue weighted by Crippen LogP contribution is -2.42. The van der Waals surface area contributed by atoms with E-state index in [-0.39, 0.29) is 11.9 Å². The predicted molar refractivity (Wildman–Crippen MR) is 160 cm³/mol. The van der Waals surface area contributed by atoms with Gasteiger partial charge in [0, 0.05) is 36.3 Å². The Morgan fingerprint density at radius 3 is 2.49 bits per heavy atom. The average molecular weight is 586 g/mol. The Bertz CT molecular complexity index is 1480. The highest BCUT2D eigenvalue weighted by atomic mass is 79.9. The monoisotopic (exact) mass is 584 g/mol. The number of benzene rings is 2. The molecule has 0 atom stereocenters. The average Bonchev–Trinajstić information content (AvgIpc) is 3.38. The van der Waals surface area contributed by atoms with Crippen LogP contribution in [0.1, 0.15) is 66.8 Å². The number of para-hydroxylation sites is 1. The molecule has 0 radical (unpaired) electrons. The highest BCUT2D eigenvalue weighted by molar-refractivity contribution is 9.10. The number of amides is 1. The first-order valence-electron chi connectivity index (χ1n) is 13.9. The van der Waals surface area contributed by atoms with E-state index in [1.54, 1.807) is 6.20 Å². The summed E-state index contributed by atoms with van der Waals surface area (Å²) in [6.45, 7) is 5.15. The normalized spacial score (nSPS) is 16.9. The number of anilines is 1. The van der Waals surface area contributed by atoms with E-state index >= 15 is 0 Å². The molecule has 39 heavy (non-hydrogen) atoms. The van der Waals surface area contributed by atoms with Crippen LogP contribution in [0.3, 0.4) is 0 Å². The minimum Gasteiger partial charge on any atom is -0.367 e. The van der Waals surface area contributed by atoms with Gasteiger partial charge in [0.2, 0.25) is 0 Å². The van der Waals surface area contributed by atoms with Crippen molar-refractivity contribution in [3.63, 3.8) is 0 Å². The highest BCUT2D eigenvalue weighted by Crippen LogP contribution is 2.34. The van der Waals surface area contributed by atoms with Gasteiger partial charge in [0.05, 0.1) is 22.1 Å². The maximum Gasteiger partial charge on any atom is 0.253 e. The van der Waals surface area contributed by atoms with E-state index < -0.39 is 0 Å². The Hall–Kier alpha value is -3.52. The van der Waals surface area contributed by atoms with Crippen molar-refractivity contribution in [3.8, 4) is 11.3 Å². The van der Waals surface area contributed by atoms with Gasteiger partial charge in [-0.15, -0.1) is 0 Å². The molecule has 1 saturated carbocycles. The molecule has 2 fully saturated rings. The summed E-state index contributed by atoms with van der Waals surface area (Å²) < 4.78 is 2.65. The number of piperidine rings is 1. The van der Waals surface area contributed by atoms with Crippen LogP contribution in [0.5, 0.6) is 0 Å². The number of hydrogen-bond donors (Lipinski definition) is 1. The molecule has 3 heterocycles. The second kappa shape index (κ2) is 11.3. The quantitative estimate of drug-likeness (QED) is 0.242. The number of hydrogen-bond acceptors (Lipinski definition) is 5. The Morgan fingerprint density at radius 2 is 1.74 bits per heavy atom. The first kappa shape index (κ1) is 25.7. The van der Waals surface area contributed by atoms with Crippen LogP contribution in [0.4, 0.5) is 11.5 Å². The van der Waals surface area contributed by atoms with Gasteiger partial charge in [-0.05, 0) is 78.0 Å². The van der Waals surface area contributed by atoms with Gasteiger partial charge in [-0.3, -0.25) is 9.79 Å². The van der Waals surface area contributed by atoms with Crippen molar-refractivity contribution in [1.29, 1.82) is 0 Å². The van der Waals surface area contributed by atoms with Gasteiger partial charge in [-0.2, -0.15) is 9.61 Å². The number of aromatic nitrogens is 3. The van der Waals surface area contributed by atoms with Crippen LogP contribution in [0, 0.1) is 0 Å². The zero-order valence-corrected chi connectivity index (χ0v) is 23.6. The van der Waals surface area contributed by atoms with Crippen molar-refractivity contribution in [2.24, 2.45) is 4.99 Å². The predicted octanol–water partition coefficient (Wildman–Crippen LogP) is 7.26. The zero-order chi connectivity index (χ0) is 26.8. The van der Waals surface area contributed by atoms with Gasteiger partial charge in [-0.25, -0.2) is 4.98 Å². The highest BCUT2D eigenvalue weighted by Gasteiger charge is 2.25. The molecule has 1 aliphatic carbocycles. The molecule has 0 unspecified atom stereocenters. The second-order valence-electron chi connectivity index (χ2n) is 10.6. The Kier molecular flexibility index (Phi) is 7.46. The van der Waals surface area contributed by atoms with E-state index in [2.05, 4.69) is 50.2 Å². The van der Waals surface area contributed by atoms with Gasteiger partial charge in [0.25, 0.3) is 5.91 Å². The van der Waals surface area contributed by atoms with E-state index in [1.807, 2.05) is 51.9 Å². The van der Waals surface area contributed by atoms with Crippen LogP contribution < -0.4 is 5.32 Å². The van der Waals surface area contributed by atoms with Gasteiger partial charge in [-0.1, -0.05) is 49.6 Å². The van der Waals surface area contributed by atoms with E-state index in [4.69, 9.17) is 4.98 Å². The molecule has 2 aliphatic rings. The third-order valence-corrected chi connectivity index (χ3v) is 8.71. The largest absolute Gasteiger partial charge is 0.367 e. The van der Waals surface area contributed by atoms with Crippen LogP contribution in [0.25, 0.3) is 16.9 Å². The number of nitrogens with zero attached hydrogens (tertiary/aromatic N) is 5. The third-order valence-electron chi connectivity index (χ3n) is 8.15. The fourth-order valence-corrected chi connectivity index (χ4v) is 6.31. The van der Waals surface area contributed by atoms with Crippen molar-refractivity contribution >= 4 is 45.7 Å². The number of fused-ring (bicyclic) bond motifs is 1. The maximum atomic E-state index is 13.3. The fourth-order valence-electron chi connectivity index (χ4n) is 5.96. The molecule has 8 heteroatoms. The minimum absolute atomic E-state index is 0.127. The maximum absolute atomic E-state index is 13.3. The SMILES string of the molecule is C=Nc1ccccc1-c1cc(NC2CCN(C(=O)c3ccc(C4CCCCC4)cc3)CC2)n2ncc(Br)c2n1. The molecule has 4 aromatic rings. The second-order valence-corrected chi connectivity index (χ2v) is 11.5. The topological polar surface area (TPSA) is 74.9 Å². The Labute approximate surface area is 237 Å². The van der Waals surface area contributed by atoms with E-state index in [0.29, 0.717) is 19.0 Å². The van der Waals surface area contributed by atoms with Crippen LogP contribution in [0.2, 0.25) is 0 Å². The number of carbonyl (C=O) groups excluding carboxylic acids is 1. The summed E-state index contributed by atoms with van der Waals surface area (Å²) in [7, 11) is 0. The summed E-state index contributed by atoms with van der Waals surface area (Å²) in [5, 5.41) is 8.21. The van der Waals surface area contributed by atoms with Crippen LogP contribution in [0.15, 0.2) is 70.3 Å². The molecule has 2 aromatic carbocycles. The lowest BCUT2D eigenvalue weighted by Gasteiger charge is -2.33. The molecule has 0 spiro atoms. The first-order valence-corrected chi connectivity index (χ1v) is 14.7. The Balaban J connectivity index is 1.15. The van der Waals surface area contributed by atoms with Crippen LogP contribution >= 0.6 is 15.9 Å². The molecule has 1 aliphatic heterocycles. The summed E-state index contributed by atoms with van der Waals surface area (Å²) >= 11 is 3.59. The van der Waals surface area contributed by atoms with Gasteiger partial charge in [0.1, 0.15) is 5.82 Å². The van der Waals surface area contributed by atoms with Gasteiger partial charge in [0.15, 0.2) is 5.65 Å². The number of carbonyl (C=O) groups is 1. The lowest BCUT2D eigenvalue weighted by molar-refractivity contribution is 0.0718. The minimum atomic E-state index is 0.127. The van der Waals surface area contributed by atoms with Crippen molar-refractivity contribution in [2.75, 3.05) is 18.4 Å². The van der Waals surface area contributed by atoms with Crippen LogP contribution in [-0.2, 0) is 0 Å². The zero-order valence-electron chi connectivity index (χ0n) is 22.0. The molecule has 7 nitrogen and oxygen atoms in total. The molecular formula is C31H33BrN6O. The first-order chi connectivity index (χ1) is 19.1. The van der Waals surface area contributed by atoms with Gasteiger partial charge >= 0.3 is 0 Å². The molecular weight excluding hydrogens is 552 g/mol. The fraction of sp³-hybridized carbons (Fsp3) is 0.355. The van der Waals surface area contributed by atoms with Crippen molar-refractivity contribution in [3.05, 3.63) is 76.4 Å². The van der Waals surface area contributed by atoms with Gasteiger partial charge < -0.3 is 10.2 Å². The summed E-state index contributed by atoms with van der Waals surface area (Å²) in [6, 6.07) is 18.5. The summed E-state index contributed by atoms with van der Waals surface area (Å²) in [5.41, 5.74) is 5.42. The number of halogens is 1. The Morgan fingerprint density at radius 1 is 1.00 bits per heavy atom. The lowest BCUT2D eigenvalue weighted by atomic mass is 9.84. The number of nitrogens with one attached hydrogen (secondary N) is 1. The summed E-state index contributed by atoms with van der Waals surface area (Å²) in [5.74, 6) is 1.64. The van der Waals surface area contributed by atoms with Crippen molar-refractivity contribution in [2.45, 2.75) is 56.9 Å². The summed E-state index contributed by atoms with van der Waals surface area (Å²) in [4.78, 5) is 24.3. The molecule has 0 bridgehead atoms. The molecule has 1 saturated heterocycles. The number of rotatable bonds is 6. The molecule has 1 N–H and O–H groups in total. The molecule has 200 valence electrons. The third kappa shape index (κ3) is 5.35. The van der Waals surface area contributed by atoms with Crippen molar-refractivity contribution < 1.29 is 4.79 Å². The van der Waals surface area contributed by atoms with Crippen LogP contribution in [-0.4, -0.2) is 51.3 Å². The van der Waals surface area contributed by atoms with E-state index in [1.165, 1.54) is 37.7 Å². The summed E-state index contributed by atoms with van der Waals surface area (Å²) in [6.07, 6.45) is 10.0. The standard InChI is InChI=1S/C31H33BrN6O/c1-33-27-10-6-5-9-25(27)28-19-29(38-30(36-28)26(32)20-34-38)35-24-15-17-37(18-16-24)31(39)23-13-11-22(12-14-23)21-7-3-2-4-8-21/h5-6,9-14,19-21,24,35H,1-4,7-8,15-18H2. The molecule has 1 amide bonds. The smallest absolute Gasteiger partial charge is 0.253 e.